The Bertz CT molecular complexity index is 586. The van der Waals surface area contributed by atoms with Gasteiger partial charge in [0, 0.05) is 30.4 Å². The third-order valence-corrected chi connectivity index (χ3v) is 4.95. The van der Waals surface area contributed by atoms with Crippen LogP contribution in [0.3, 0.4) is 0 Å². The van der Waals surface area contributed by atoms with Crippen LogP contribution in [0.5, 0.6) is 5.75 Å². The van der Waals surface area contributed by atoms with Gasteiger partial charge in [0.1, 0.15) is 17.5 Å². The van der Waals surface area contributed by atoms with Crippen molar-refractivity contribution in [1.82, 2.24) is 9.71 Å². The fourth-order valence-corrected chi connectivity index (χ4v) is 2.94. The highest BCUT2D eigenvalue weighted by molar-refractivity contribution is 7.89. The lowest BCUT2D eigenvalue weighted by molar-refractivity contribution is -0.0572. The molecule has 1 aliphatic heterocycles. The van der Waals surface area contributed by atoms with Crippen LogP contribution >= 0.6 is 0 Å². The third kappa shape index (κ3) is 2.94. The van der Waals surface area contributed by atoms with E-state index in [4.69, 9.17) is 4.74 Å². The molecule has 0 fully saturated rings. The highest BCUT2D eigenvalue weighted by atomic mass is 32.2. The first kappa shape index (κ1) is 15.2. The minimum absolute atomic E-state index is 0.00953. The molecule has 0 saturated carbocycles. The zero-order chi connectivity index (χ0) is 15.0. The first-order chi connectivity index (χ1) is 9.27. The Hall–Kier alpha value is -1.18. The van der Waals surface area contributed by atoms with Crippen molar-refractivity contribution in [3.8, 4) is 5.75 Å². The van der Waals surface area contributed by atoms with Crippen molar-refractivity contribution in [3.63, 3.8) is 0 Å². The molecular weight excluding hydrogens is 280 g/mol. The Morgan fingerprint density at radius 2 is 2.20 bits per heavy atom. The lowest BCUT2D eigenvalue weighted by atomic mass is 9.82. The second-order valence-electron chi connectivity index (χ2n) is 5.42. The summed E-state index contributed by atoms with van der Waals surface area (Å²) < 4.78 is 31.4. The number of hydrogen-bond donors (Lipinski definition) is 2. The van der Waals surface area contributed by atoms with Gasteiger partial charge in [-0.05, 0) is 26.8 Å². The van der Waals surface area contributed by atoms with E-state index in [1.165, 1.54) is 0 Å². The standard InChI is InChI=1S/C13H20N2O4S/c1-4-20(17,18)15-8-10-9-7-14-6-5-11(9)19-13(2,3)12(10)16/h5-7,10,12,15-16H,4,8H2,1-3H3. The molecule has 2 heterocycles. The highest BCUT2D eigenvalue weighted by Gasteiger charge is 2.43. The number of pyridine rings is 1. The Morgan fingerprint density at radius 1 is 1.50 bits per heavy atom. The molecule has 0 spiro atoms. The molecule has 0 bridgehead atoms. The SMILES string of the molecule is CCS(=O)(=O)NCC1c2cnccc2OC(C)(C)C1O. The van der Waals surface area contributed by atoms with Crippen LogP contribution in [0.2, 0.25) is 0 Å². The zero-order valence-corrected chi connectivity index (χ0v) is 12.6. The van der Waals surface area contributed by atoms with Crippen LogP contribution in [0.25, 0.3) is 0 Å². The van der Waals surface area contributed by atoms with Crippen molar-refractivity contribution in [3.05, 3.63) is 24.0 Å². The Morgan fingerprint density at radius 3 is 2.85 bits per heavy atom. The minimum atomic E-state index is -3.30. The largest absolute Gasteiger partial charge is 0.485 e. The average Bonchev–Trinajstić information content (AvgIpc) is 2.39. The predicted octanol–water partition coefficient (Wildman–Crippen LogP) is 0.636. The summed E-state index contributed by atoms with van der Waals surface area (Å²) in [6.07, 6.45) is 2.40. The van der Waals surface area contributed by atoms with Gasteiger partial charge in [-0.3, -0.25) is 4.98 Å². The minimum Gasteiger partial charge on any atom is -0.485 e. The number of aliphatic hydroxyl groups is 1. The summed E-state index contributed by atoms with van der Waals surface area (Å²) in [6, 6.07) is 1.73. The second kappa shape index (κ2) is 5.31. The van der Waals surface area contributed by atoms with E-state index >= 15 is 0 Å². The van der Waals surface area contributed by atoms with Gasteiger partial charge in [0.2, 0.25) is 10.0 Å². The molecule has 2 atom stereocenters. The molecule has 20 heavy (non-hydrogen) atoms. The summed E-state index contributed by atoms with van der Waals surface area (Å²) in [5, 5.41) is 10.4. The highest BCUT2D eigenvalue weighted by Crippen LogP contribution is 2.40. The first-order valence-corrected chi connectivity index (χ1v) is 8.20. The summed E-state index contributed by atoms with van der Waals surface area (Å²) in [7, 11) is -3.30. The molecule has 2 rings (SSSR count). The number of rotatable bonds is 4. The van der Waals surface area contributed by atoms with Gasteiger partial charge in [0.25, 0.3) is 0 Å². The van der Waals surface area contributed by atoms with Crippen LogP contribution in [0.1, 0.15) is 32.3 Å². The number of hydrogen-bond acceptors (Lipinski definition) is 5. The molecule has 0 aromatic carbocycles. The number of nitrogens with one attached hydrogen (secondary N) is 1. The number of aliphatic hydroxyl groups excluding tert-OH is 1. The van der Waals surface area contributed by atoms with Gasteiger partial charge >= 0.3 is 0 Å². The van der Waals surface area contributed by atoms with Crippen LogP contribution in [0.15, 0.2) is 18.5 Å². The van der Waals surface area contributed by atoms with Crippen molar-refractivity contribution < 1.29 is 18.3 Å². The quantitative estimate of drug-likeness (QED) is 0.851. The maximum absolute atomic E-state index is 11.6. The second-order valence-corrected chi connectivity index (χ2v) is 7.52. The molecule has 112 valence electrons. The van der Waals surface area contributed by atoms with Crippen LogP contribution in [0, 0.1) is 0 Å². The Balaban J connectivity index is 2.30. The maximum Gasteiger partial charge on any atom is 0.211 e. The topological polar surface area (TPSA) is 88.5 Å². The van der Waals surface area contributed by atoms with Crippen molar-refractivity contribution in [1.29, 1.82) is 0 Å². The lowest BCUT2D eigenvalue weighted by Crippen LogP contribution is -2.51. The van der Waals surface area contributed by atoms with Crippen molar-refractivity contribution in [2.24, 2.45) is 0 Å². The molecule has 6 nitrogen and oxygen atoms in total. The molecule has 0 radical (unpaired) electrons. The fraction of sp³-hybridized carbons (Fsp3) is 0.615. The molecule has 2 unspecified atom stereocenters. The molecule has 0 amide bonds. The van der Waals surface area contributed by atoms with Gasteiger partial charge < -0.3 is 9.84 Å². The molecule has 0 saturated heterocycles. The van der Waals surface area contributed by atoms with Gasteiger partial charge in [-0.1, -0.05) is 0 Å². The Kier molecular flexibility index (Phi) is 4.04. The number of aromatic nitrogens is 1. The molecule has 7 heteroatoms. The van der Waals surface area contributed by atoms with Crippen LogP contribution in [-0.4, -0.2) is 42.5 Å². The smallest absolute Gasteiger partial charge is 0.211 e. The lowest BCUT2D eigenvalue weighted by Gasteiger charge is -2.41. The van der Waals surface area contributed by atoms with Crippen molar-refractivity contribution >= 4 is 10.0 Å². The van der Waals surface area contributed by atoms with E-state index in [2.05, 4.69) is 9.71 Å². The summed E-state index contributed by atoms with van der Waals surface area (Å²) in [5.41, 5.74) is -0.0606. The normalized spacial score (nSPS) is 24.8. The molecule has 1 aromatic heterocycles. The van der Waals surface area contributed by atoms with Crippen LogP contribution < -0.4 is 9.46 Å². The van der Waals surface area contributed by atoms with E-state index < -0.39 is 21.7 Å². The molecule has 2 N–H and O–H groups in total. The van der Waals surface area contributed by atoms with Crippen molar-refractivity contribution in [2.75, 3.05) is 12.3 Å². The average molecular weight is 300 g/mol. The van der Waals surface area contributed by atoms with Crippen molar-refractivity contribution in [2.45, 2.75) is 38.4 Å². The van der Waals surface area contributed by atoms with Gasteiger partial charge in [0.05, 0.1) is 5.75 Å². The van der Waals surface area contributed by atoms with E-state index in [9.17, 15) is 13.5 Å². The maximum atomic E-state index is 11.6. The van der Waals surface area contributed by atoms with Gasteiger partial charge in [-0.15, -0.1) is 0 Å². The molecule has 1 aromatic rings. The van der Waals surface area contributed by atoms with E-state index in [0.29, 0.717) is 5.75 Å². The monoisotopic (exact) mass is 300 g/mol. The van der Waals surface area contributed by atoms with Gasteiger partial charge in [-0.2, -0.15) is 0 Å². The first-order valence-electron chi connectivity index (χ1n) is 6.55. The zero-order valence-electron chi connectivity index (χ0n) is 11.8. The summed E-state index contributed by atoms with van der Waals surface area (Å²) >= 11 is 0. The van der Waals surface area contributed by atoms with E-state index in [0.717, 1.165) is 5.56 Å². The number of ether oxygens (including phenoxy) is 1. The predicted molar refractivity (Wildman–Crippen MR) is 75.2 cm³/mol. The van der Waals surface area contributed by atoms with E-state index in [-0.39, 0.29) is 18.2 Å². The molecular formula is C13H20N2O4S. The molecule has 0 aliphatic carbocycles. The fourth-order valence-electron chi connectivity index (χ4n) is 2.30. The van der Waals surface area contributed by atoms with Crippen LogP contribution in [-0.2, 0) is 10.0 Å². The molecule has 1 aliphatic rings. The number of nitrogens with zero attached hydrogens (tertiary/aromatic N) is 1. The number of fused-ring (bicyclic) bond motifs is 1. The van der Waals surface area contributed by atoms with Gasteiger partial charge in [-0.25, -0.2) is 13.1 Å². The Labute approximate surface area is 119 Å². The van der Waals surface area contributed by atoms with E-state index in [1.807, 2.05) is 0 Å². The third-order valence-electron chi connectivity index (χ3n) is 3.58. The van der Waals surface area contributed by atoms with E-state index in [1.54, 1.807) is 39.2 Å². The summed E-state index contributed by atoms with van der Waals surface area (Å²) in [4.78, 5) is 4.03. The number of sulfonamides is 1. The summed E-state index contributed by atoms with van der Waals surface area (Å²) in [5.74, 6) is 0.259. The van der Waals surface area contributed by atoms with Crippen LogP contribution in [0.4, 0.5) is 0 Å². The van der Waals surface area contributed by atoms with Gasteiger partial charge in [0.15, 0.2) is 0 Å². The summed E-state index contributed by atoms with van der Waals surface area (Å²) in [6.45, 7) is 5.26.